The zero-order valence-electron chi connectivity index (χ0n) is 15.6. The van der Waals surface area contributed by atoms with Crippen molar-refractivity contribution in [1.82, 2.24) is 9.99 Å². The van der Waals surface area contributed by atoms with Gasteiger partial charge in [-0.1, -0.05) is 29.8 Å². The maximum Gasteiger partial charge on any atom is 0.277 e. The minimum Gasteiger partial charge on any atom is -0.493 e. The third-order valence-corrected chi connectivity index (χ3v) is 4.43. The van der Waals surface area contributed by atoms with Gasteiger partial charge in [0, 0.05) is 16.9 Å². The van der Waals surface area contributed by atoms with Crippen molar-refractivity contribution >= 4 is 23.7 Å². The largest absolute Gasteiger partial charge is 0.493 e. The van der Waals surface area contributed by atoms with Crippen molar-refractivity contribution in [2.24, 2.45) is 5.10 Å². The maximum absolute atomic E-state index is 12.0. The number of carbonyl (C=O) groups excluding carboxylic acids is 1. The molecule has 144 valence electrons. The van der Waals surface area contributed by atoms with Crippen molar-refractivity contribution in [3.05, 3.63) is 77.1 Å². The molecule has 0 spiro atoms. The van der Waals surface area contributed by atoms with E-state index in [0.717, 1.165) is 16.9 Å². The molecule has 0 fully saturated rings. The first-order chi connectivity index (χ1) is 13.6. The molecule has 3 rings (SSSR count). The van der Waals surface area contributed by atoms with Gasteiger partial charge in [0.05, 0.1) is 19.0 Å². The lowest BCUT2D eigenvalue weighted by atomic mass is 10.2. The first kappa shape index (κ1) is 19.5. The second-order valence-corrected chi connectivity index (χ2v) is 6.38. The van der Waals surface area contributed by atoms with Crippen LogP contribution in [0.25, 0.3) is 5.69 Å². The van der Waals surface area contributed by atoms with E-state index in [1.54, 1.807) is 31.5 Å². The third-order valence-electron chi connectivity index (χ3n) is 4.03. The van der Waals surface area contributed by atoms with Crippen molar-refractivity contribution < 1.29 is 14.3 Å². The molecule has 0 aliphatic heterocycles. The molecule has 0 aliphatic carbocycles. The number of hydrazone groups is 1. The van der Waals surface area contributed by atoms with E-state index >= 15 is 0 Å². The van der Waals surface area contributed by atoms with Gasteiger partial charge < -0.3 is 14.0 Å². The van der Waals surface area contributed by atoms with Crippen LogP contribution in [0.2, 0.25) is 5.02 Å². The summed E-state index contributed by atoms with van der Waals surface area (Å²) in [6, 6.07) is 16.7. The van der Waals surface area contributed by atoms with E-state index in [1.165, 1.54) is 0 Å². The number of methoxy groups -OCH3 is 1. The zero-order valence-corrected chi connectivity index (χ0v) is 16.3. The number of amides is 1. The highest BCUT2D eigenvalue weighted by atomic mass is 35.5. The molecule has 3 aromatic rings. The fraction of sp³-hybridized carbons (Fsp3) is 0.143. The van der Waals surface area contributed by atoms with E-state index in [2.05, 4.69) is 10.5 Å². The van der Waals surface area contributed by atoms with E-state index in [1.807, 2.05) is 54.1 Å². The molecular formula is C21H20ClN3O3. The van der Waals surface area contributed by atoms with E-state index < -0.39 is 0 Å². The van der Waals surface area contributed by atoms with Gasteiger partial charge in [0.15, 0.2) is 18.1 Å². The number of rotatable bonds is 7. The third kappa shape index (κ3) is 4.72. The molecule has 2 aromatic carbocycles. The van der Waals surface area contributed by atoms with Gasteiger partial charge in [0.25, 0.3) is 5.91 Å². The average molecular weight is 398 g/mol. The number of aromatic nitrogens is 1. The molecule has 1 aromatic heterocycles. The number of para-hydroxylation sites is 2. The van der Waals surface area contributed by atoms with Crippen molar-refractivity contribution in [3.8, 4) is 17.2 Å². The SMILES string of the molecule is COc1ccccc1OCC(=O)N/N=C/c1cccn1-c1ccc(C)c(Cl)c1. The Hall–Kier alpha value is -3.25. The van der Waals surface area contributed by atoms with Gasteiger partial charge in [-0.15, -0.1) is 0 Å². The molecule has 0 aliphatic rings. The number of ether oxygens (including phenoxy) is 2. The normalized spacial score (nSPS) is 10.8. The first-order valence-corrected chi connectivity index (χ1v) is 8.98. The quantitative estimate of drug-likeness (QED) is 0.484. The molecule has 1 amide bonds. The Balaban J connectivity index is 1.60. The number of benzene rings is 2. The van der Waals surface area contributed by atoms with Crippen LogP contribution < -0.4 is 14.9 Å². The van der Waals surface area contributed by atoms with Gasteiger partial charge in [-0.25, -0.2) is 5.43 Å². The Morgan fingerprint density at radius 2 is 1.96 bits per heavy atom. The summed E-state index contributed by atoms with van der Waals surface area (Å²) in [5.74, 6) is 0.682. The van der Waals surface area contributed by atoms with Crippen molar-refractivity contribution in [1.29, 1.82) is 0 Å². The van der Waals surface area contributed by atoms with Crippen LogP contribution in [0.1, 0.15) is 11.3 Å². The highest BCUT2D eigenvalue weighted by Crippen LogP contribution is 2.25. The highest BCUT2D eigenvalue weighted by Gasteiger charge is 2.07. The molecule has 0 bridgehead atoms. The molecule has 0 unspecified atom stereocenters. The van der Waals surface area contributed by atoms with Crippen LogP contribution in [0.15, 0.2) is 65.9 Å². The summed E-state index contributed by atoms with van der Waals surface area (Å²) in [4.78, 5) is 12.0. The van der Waals surface area contributed by atoms with Gasteiger partial charge in [-0.05, 0) is 48.9 Å². The van der Waals surface area contributed by atoms with Crippen LogP contribution in [0.5, 0.6) is 11.5 Å². The molecule has 0 atom stereocenters. The van der Waals surface area contributed by atoms with Gasteiger partial charge in [-0.3, -0.25) is 4.79 Å². The topological polar surface area (TPSA) is 64.8 Å². The van der Waals surface area contributed by atoms with Gasteiger partial charge in [-0.2, -0.15) is 5.10 Å². The monoisotopic (exact) mass is 397 g/mol. The van der Waals surface area contributed by atoms with E-state index in [-0.39, 0.29) is 12.5 Å². The summed E-state index contributed by atoms with van der Waals surface area (Å²) in [6.45, 7) is 1.78. The predicted octanol–water partition coefficient (Wildman–Crippen LogP) is 3.98. The zero-order chi connectivity index (χ0) is 19.9. The number of halogens is 1. The van der Waals surface area contributed by atoms with Crippen LogP contribution >= 0.6 is 11.6 Å². The average Bonchev–Trinajstić information content (AvgIpc) is 3.17. The van der Waals surface area contributed by atoms with Gasteiger partial charge in [0.2, 0.25) is 0 Å². The van der Waals surface area contributed by atoms with E-state index in [0.29, 0.717) is 16.5 Å². The summed E-state index contributed by atoms with van der Waals surface area (Å²) in [5.41, 5.74) is 5.17. The minimum atomic E-state index is -0.376. The van der Waals surface area contributed by atoms with Crippen LogP contribution in [0.3, 0.4) is 0 Å². The molecule has 28 heavy (non-hydrogen) atoms. The summed E-state index contributed by atoms with van der Waals surface area (Å²) < 4.78 is 12.6. The highest BCUT2D eigenvalue weighted by molar-refractivity contribution is 6.31. The van der Waals surface area contributed by atoms with E-state index in [4.69, 9.17) is 21.1 Å². The number of nitrogens with one attached hydrogen (secondary N) is 1. The Kier molecular flexibility index (Phi) is 6.34. The summed E-state index contributed by atoms with van der Waals surface area (Å²) in [5, 5.41) is 4.70. The van der Waals surface area contributed by atoms with Gasteiger partial charge in [0.1, 0.15) is 0 Å². The molecule has 7 heteroatoms. The lowest BCUT2D eigenvalue weighted by Gasteiger charge is -2.09. The maximum atomic E-state index is 12.0. The second kappa shape index (κ2) is 9.10. The van der Waals surface area contributed by atoms with Gasteiger partial charge >= 0.3 is 0 Å². The number of aryl methyl sites for hydroxylation is 1. The smallest absolute Gasteiger partial charge is 0.277 e. The Labute approximate surface area is 168 Å². The molecule has 1 N–H and O–H groups in total. The first-order valence-electron chi connectivity index (χ1n) is 8.60. The molecule has 6 nitrogen and oxygen atoms in total. The summed E-state index contributed by atoms with van der Waals surface area (Å²) in [6.07, 6.45) is 3.46. The lowest BCUT2D eigenvalue weighted by molar-refractivity contribution is -0.123. The predicted molar refractivity (Wildman–Crippen MR) is 110 cm³/mol. The molecule has 0 saturated carbocycles. The lowest BCUT2D eigenvalue weighted by Crippen LogP contribution is -2.24. The van der Waals surface area contributed by atoms with Crippen molar-refractivity contribution in [2.75, 3.05) is 13.7 Å². The second-order valence-electron chi connectivity index (χ2n) is 5.97. The van der Waals surface area contributed by atoms with Crippen LogP contribution in [-0.2, 0) is 4.79 Å². The number of hydrogen-bond donors (Lipinski definition) is 1. The summed E-state index contributed by atoms with van der Waals surface area (Å²) >= 11 is 6.21. The van der Waals surface area contributed by atoms with Crippen LogP contribution in [-0.4, -0.2) is 30.4 Å². The molecule has 0 radical (unpaired) electrons. The Morgan fingerprint density at radius 3 is 2.71 bits per heavy atom. The van der Waals surface area contributed by atoms with E-state index in [9.17, 15) is 4.79 Å². The number of nitrogens with zero attached hydrogens (tertiary/aromatic N) is 2. The number of carbonyl (C=O) groups is 1. The summed E-state index contributed by atoms with van der Waals surface area (Å²) in [7, 11) is 1.54. The van der Waals surface area contributed by atoms with Crippen LogP contribution in [0, 0.1) is 6.92 Å². The Morgan fingerprint density at radius 1 is 1.18 bits per heavy atom. The van der Waals surface area contributed by atoms with Crippen LogP contribution in [0.4, 0.5) is 0 Å². The molecule has 1 heterocycles. The fourth-order valence-corrected chi connectivity index (χ4v) is 2.72. The molecule has 0 saturated heterocycles. The van der Waals surface area contributed by atoms with Crippen molar-refractivity contribution in [2.45, 2.75) is 6.92 Å². The standard InChI is InChI=1S/C21H20ClN3O3/c1-15-9-10-16(12-18(15)22)25-11-5-6-17(25)13-23-24-21(26)14-28-20-8-4-3-7-19(20)27-2/h3-13H,14H2,1-2H3,(H,24,26)/b23-13+. The fourth-order valence-electron chi connectivity index (χ4n) is 2.55. The van der Waals surface area contributed by atoms with Crippen molar-refractivity contribution in [3.63, 3.8) is 0 Å². The number of hydrogen-bond acceptors (Lipinski definition) is 4. The molecular weight excluding hydrogens is 378 g/mol. The minimum absolute atomic E-state index is 0.174. The Bertz CT molecular complexity index is 998.